The number of fused-ring (bicyclic) bond motifs is 1. The standard InChI is InChI=1S/C25H26N2O4/c1-3-30-17-8-6-7-16(13-17)22-21-23(28)18-9-4-5-10-19(18)31-24(21)25(29)27(22)20-12-11-15(2)14-26-20/h6-8,11-14,18-19,22H,3-5,9-10H2,1-2H3. The molecule has 6 nitrogen and oxygen atoms in total. The van der Waals surface area contributed by atoms with Crippen molar-refractivity contribution in [1.29, 1.82) is 0 Å². The van der Waals surface area contributed by atoms with E-state index < -0.39 is 6.04 Å². The van der Waals surface area contributed by atoms with Crippen LogP contribution >= 0.6 is 0 Å². The third-order valence-electron chi connectivity index (χ3n) is 6.39. The first-order valence-electron chi connectivity index (χ1n) is 11.0. The summed E-state index contributed by atoms with van der Waals surface area (Å²) in [5, 5.41) is 0. The van der Waals surface area contributed by atoms with Gasteiger partial charge in [-0.1, -0.05) is 24.6 Å². The lowest BCUT2D eigenvalue weighted by atomic mass is 9.77. The Morgan fingerprint density at radius 2 is 2.00 bits per heavy atom. The number of carbonyl (C=O) groups excluding carboxylic acids is 2. The lowest BCUT2D eigenvalue weighted by molar-refractivity contribution is -0.131. The molecule has 3 unspecified atom stereocenters. The smallest absolute Gasteiger partial charge is 0.295 e. The van der Waals surface area contributed by atoms with Crippen LogP contribution in [0.4, 0.5) is 5.82 Å². The molecule has 1 aromatic heterocycles. The van der Waals surface area contributed by atoms with Gasteiger partial charge in [-0.25, -0.2) is 4.98 Å². The highest BCUT2D eigenvalue weighted by Gasteiger charge is 2.52. The summed E-state index contributed by atoms with van der Waals surface area (Å²) >= 11 is 0. The molecular weight excluding hydrogens is 392 g/mol. The minimum absolute atomic E-state index is 0.0423. The van der Waals surface area contributed by atoms with Crippen molar-refractivity contribution in [3.05, 3.63) is 65.1 Å². The van der Waals surface area contributed by atoms with E-state index in [1.807, 2.05) is 50.2 Å². The number of amides is 1. The molecule has 2 aromatic rings. The number of nitrogens with zero attached hydrogens (tertiary/aromatic N) is 2. The van der Waals surface area contributed by atoms with Gasteiger partial charge in [0.25, 0.3) is 5.91 Å². The summed E-state index contributed by atoms with van der Waals surface area (Å²) in [6, 6.07) is 10.8. The molecular formula is C25H26N2O4. The first-order valence-corrected chi connectivity index (χ1v) is 11.0. The van der Waals surface area contributed by atoms with E-state index >= 15 is 0 Å². The van der Waals surface area contributed by atoms with Gasteiger partial charge in [0.1, 0.15) is 17.7 Å². The maximum absolute atomic E-state index is 13.6. The summed E-state index contributed by atoms with van der Waals surface area (Å²) in [5.74, 6) is 0.983. The Hall–Kier alpha value is -3.15. The van der Waals surface area contributed by atoms with Crippen LogP contribution in [0.2, 0.25) is 0 Å². The van der Waals surface area contributed by atoms with Gasteiger partial charge in [-0.05, 0) is 62.4 Å². The second-order valence-corrected chi connectivity index (χ2v) is 8.43. The van der Waals surface area contributed by atoms with Gasteiger partial charge in [0.2, 0.25) is 0 Å². The zero-order chi connectivity index (χ0) is 21.5. The van der Waals surface area contributed by atoms with E-state index in [2.05, 4.69) is 4.98 Å². The second kappa shape index (κ2) is 7.84. The predicted molar refractivity (Wildman–Crippen MR) is 116 cm³/mol. The molecule has 0 bridgehead atoms. The summed E-state index contributed by atoms with van der Waals surface area (Å²) in [6.07, 6.45) is 5.19. The Bertz CT molecular complexity index is 1060. The van der Waals surface area contributed by atoms with Crippen molar-refractivity contribution >= 4 is 17.5 Å². The predicted octanol–water partition coefficient (Wildman–Crippen LogP) is 4.29. The number of aryl methyl sites for hydroxylation is 1. The molecule has 1 saturated carbocycles. The molecule has 1 fully saturated rings. The molecule has 0 N–H and O–H groups in total. The third-order valence-corrected chi connectivity index (χ3v) is 6.39. The summed E-state index contributed by atoms with van der Waals surface area (Å²) in [4.78, 5) is 33.3. The van der Waals surface area contributed by atoms with Crippen LogP contribution in [-0.4, -0.2) is 29.4 Å². The molecule has 6 heteroatoms. The number of aromatic nitrogens is 1. The first kappa shape index (κ1) is 19.8. The van der Waals surface area contributed by atoms with Crippen molar-refractivity contribution in [2.45, 2.75) is 51.7 Å². The van der Waals surface area contributed by atoms with Crippen LogP contribution in [-0.2, 0) is 14.3 Å². The van der Waals surface area contributed by atoms with Crippen LogP contribution in [0, 0.1) is 12.8 Å². The zero-order valence-electron chi connectivity index (χ0n) is 17.8. The van der Waals surface area contributed by atoms with Gasteiger partial charge in [-0.2, -0.15) is 0 Å². The van der Waals surface area contributed by atoms with Crippen LogP contribution < -0.4 is 9.64 Å². The average Bonchev–Trinajstić information content (AvgIpc) is 3.08. The summed E-state index contributed by atoms with van der Waals surface area (Å²) in [7, 11) is 0. The Morgan fingerprint density at radius 1 is 1.16 bits per heavy atom. The maximum atomic E-state index is 13.6. The van der Waals surface area contributed by atoms with Crippen LogP contribution in [0.25, 0.3) is 0 Å². The molecule has 3 heterocycles. The number of hydrogen-bond donors (Lipinski definition) is 0. The van der Waals surface area contributed by atoms with Crippen LogP contribution in [0.15, 0.2) is 53.9 Å². The first-order chi connectivity index (χ1) is 15.1. The van der Waals surface area contributed by atoms with E-state index in [1.54, 1.807) is 11.1 Å². The van der Waals surface area contributed by atoms with Gasteiger partial charge >= 0.3 is 0 Å². The largest absolute Gasteiger partial charge is 0.494 e. The fraction of sp³-hybridized carbons (Fsp3) is 0.400. The summed E-state index contributed by atoms with van der Waals surface area (Å²) in [6.45, 7) is 4.42. The maximum Gasteiger partial charge on any atom is 0.295 e. The highest BCUT2D eigenvalue weighted by molar-refractivity contribution is 6.17. The quantitative estimate of drug-likeness (QED) is 0.741. The molecule has 1 aromatic carbocycles. The minimum atomic E-state index is -0.575. The van der Waals surface area contributed by atoms with E-state index in [0.29, 0.717) is 23.7 Å². The Balaban J connectivity index is 1.64. The van der Waals surface area contributed by atoms with Crippen molar-refractivity contribution in [2.75, 3.05) is 11.5 Å². The average molecular weight is 418 g/mol. The highest BCUT2D eigenvalue weighted by atomic mass is 16.5. The lowest BCUT2D eigenvalue weighted by Crippen LogP contribution is -2.39. The second-order valence-electron chi connectivity index (χ2n) is 8.43. The Kier molecular flexibility index (Phi) is 5.00. The van der Waals surface area contributed by atoms with E-state index in [4.69, 9.17) is 9.47 Å². The number of ether oxygens (including phenoxy) is 2. The highest BCUT2D eigenvalue weighted by Crippen LogP contribution is 2.48. The van der Waals surface area contributed by atoms with Crippen LogP contribution in [0.5, 0.6) is 5.75 Å². The molecule has 3 atom stereocenters. The topological polar surface area (TPSA) is 68.7 Å². The molecule has 1 aliphatic carbocycles. The zero-order valence-corrected chi connectivity index (χ0v) is 17.8. The monoisotopic (exact) mass is 418 g/mol. The number of benzene rings is 1. The molecule has 1 amide bonds. The number of pyridine rings is 1. The molecule has 31 heavy (non-hydrogen) atoms. The van der Waals surface area contributed by atoms with Crippen molar-refractivity contribution in [3.63, 3.8) is 0 Å². The number of rotatable bonds is 4. The van der Waals surface area contributed by atoms with Crippen LogP contribution in [0.1, 0.15) is 49.8 Å². The van der Waals surface area contributed by atoms with E-state index in [-0.39, 0.29) is 29.5 Å². The normalized spacial score (nSPS) is 25.2. The number of carbonyl (C=O) groups is 2. The van der Waals surface area contributed by atoms with E-state index in [0.717, 1.165) is 36.8 Å². The Morgan fingerprint density at radius 3 is 2.77 bits per heavy atom. The van der Waals surface area contributed by atoms with Crippen molar-refractivity contribution in [2.24, 2.45) is 5.92 Å². The number of Topliss-reactive ketones (excluding diaryl/α,β-unsaturated/α-hetero) is 1. The molecule has 160 valence electrons. The van der Waals surface area contributed by atoms with E-state index in [1.165, 1.54) is 0 Å². The Labute approximate surface area is 181 Å². The van der Waals surface area contributed by atoms with Crippen LogP contribution in [0.3, 0.4) is 0 Å². The fourth-order valence-electron chi connectivity index (χ4n) is 4.94. The molecule has 0 spiro atoms. The fourth-order valence-corrected chi connectivity index (χ4v) is 4.94. The number of ketones is 1. The van der Waals surface area contributed by atoms with Gasteiger partial charge in [0, 0.05) is 6.20 Å². The van der Waals surface area contributed by atoms with Crippen molar-refractivity contribution in [3.8, 4) is 5.75 Å². The lowest BCUT2D eigenvalue weighted by Gasteiger charge is -2.35. The number of hydrogen-bond acceptors (Lipinski definition) is 5. The minimum Gasteiger partial charge on any atom is -0.494 e. The van der Waals surface area contributed by atoms with Gasteiger partial charge in [0.05, 0.1) is 24.1 Å². The van der Waals surface area contributed by atoms with Gasteiger partial charge in [-0.3, -0.25) is 14.5 Å². The van der Waals surface area contributed by atoms with Crippen molar-refractivity contribution in [1.82, 2.24) is 4.98 Å². The molecule has 5 rings (SSSR count). The van der Waals surface area contributed by atoms with Crippen molar-refractivity contribution < 1.29 is 19.1 Å². The summed E-state index contributed by atoms with van der Waals surface area (Å²) in [5.41, 5.74) is 2.28. The molecule has 0 radical (unpaired) electrons. The van der Waals surface area contributed by atoms with Gasteiger partial charge in [-0.15, -0.1) is 0 Å². The summed E-state index contributed by atoms with van der Waals surface area (Å²) < 4.78 is 11.9. The van der Waals surface area contributed by atoms with Gasteiger partial charge < -0.3 is 9.47 Å². The molecule has 0 saturated heterocycles. The van der Waals surface area contributed by atoms with E-state index in [9.17, 15) is 9.59 Å². The third kappa shape index (κ3) is 3.30. The SMILES string of the molecule is CCOc1cccc(C2C3=C(OC4CCCCC4C3=O)C(=O)N2c2ccc(C)cn2)c1. The molecule has 3 aliphatic rings. The van der Waals surface area contributed by atoms with Gasteiger partial charge in [0.15, 0.2) is 11.5 Å². The number of anilines is 1. The molecule has 2 aliphatic heterocycles.